The second kappa shape index (κ2) is 3.67. The Labute approximate surface area is 103 Å². The van der Waals surface area contributed by atoms with Crippen molar-refractivity contribution in [2.75, 3.05) is 7.05 Å². The number of rotatable bonds is 1. The van der Waals surface area contributed by atoms with Gasteiger partial charge in [-0.25, -0.2) is 4.68 Å². The molecule has 0 amide bonds. The van der Waals surface area contributed by atoms with Crippen molar-refractivity contribution in [2.45, 2.75) is 31.3 Å². The fourth-order valence-corrected chi connectivity index (χ4v) is 3.47. The van der Waals surface area contributed by atoms with E-state index in [4.69, 9.17) is 0 Å². The largest absolute Gasteiger partial charge is 0.297 e. The Hall–Kier alpha value is -0.680. The van der Waals surface area contributed by atoms with Gasteiger partial charge in [0, 0.05) is 19.1 Å². The van der Waals surface area contributed by atoms with Gasteiger partial charge in [0.25, 0.3) is 0 Å². The van der Waals surface area contributed by atoms with Gasteiger partial charge in [-0.2, -0.15) is 0 Å². The van der Waals surface area contributed by atoms with Crippen molar-refractivity contribution in [2.24, 2.45) is 7.05 Å². The van der Waals surface area contributed by atoms with Crippen molar-refractivity contribution in [1.29, 1.82) is 0 Å². The molecule has 0 N–H and O–H groups in total. The summed E-state index contributed by atoms with van der Waals surface area (Å²) in [5.41, 5.74) is 2.54. The maximum Gasteiger partial charge on any atom is 0.155 e. The van der Waals surface area contributed by atoms with E-state index in [-0.39, 0.29) is 0 Å². The third-order valence-corrected chi connectivity index (χ3v) is 4.37. The van der Waals surface area contributed by atoms with E-state index in [0.717, 1.165) is 16.7 Å². The molecule has 0 spiro atoms. The number of halogens is 1. The van der Waals surface area contributed by atoms with E-state index in [1.54, 1.807) is 0 Å². The molecule has 0 aromatic carbocycles. The molecule has 1 aromatic heterocycles. The molecule has 2 aliphatic heterocycles. The second-order valence-electron chi connectivity index (χ2n) is 4.71. The molecule has 1 aromatic rings. The van der Waals surface area contributed by atoms with Gasteiger partial charge in [0.05, 0.1) is 5.69 Å². The zero-order valence-corrected chi connectivity index (χ0v) is 11.1. The maximum absolute atomic E-state index is 4.06. The molecule has 4 nitrogen and oxygen atoms in total. The summed E-state index contributed by atoms with van der Waals surface area (Å²) in [4.78, 5) is 2.49. The van der Waals surface area contributed by atoms with Crippen LogP contribution in [-0.4, -0.2) is 39.0 Å². The first-order chi connectivity index (χ1) is 7.66. The molecule has 2 atom stereocenters. The molecular weight excluding hydrogens is 268 g/mol. The van der Waals surface area contributed by atoms with Crippen LogP contribution >= 0.6 is 15.9 Å². The molecule has 16 heavy (non-hydrogen) atoms. The SMILES string of the molecule is CN1C2C=C(c3c(Br)nnn3C)CC1CC2. The minimum atomic E-state index is 0.607. The molecule has 0 aliphatic carbocycles. The summed E-state index contributed by atoms with van der Waals surface area (Å²) in [6.07, 6.45) is 6.09. The van der Waals surface area contributed by atoms with Gasteiger partial charge in [-0.1, -0.05) is 11.3 Å². The Bertz CT molecular complexity index is 431. The average Bonchev–Trinajstić information content (AvgIpc) is 2.67. The van der Waals surface area contributed by atoms with Crippen LogP contribution in [0.5, 0.6) is 0 Å². The molecule has 5 heteroatoms. The van der Waals surface area contributed by atoms with E-state index in [1.165, 1.54) is 18.4 Å². The number of hydrogen-bond acceptors (Lipinski definition) is 3. The minimum absolute atomic E-state index is 0.607. The molecule has 1 saturated heterocycles. The third kappa shape index (κ3) is 1.45. The topological polar surface area (TPSA) is 34.0 Å². The molecule has 3 rings (SSSR count). The van der Waals surface area contributed by atoms with E-state index in [9.17, 15) is 0 Å². The summed E-state index contributed by atoms with van der Waals surface area (Å²) in [5, 5.41) is 8.10. The quantitative estimate of drug-likeness (QED) is 0.788. The smallest absolute Gasteiger partial charge is 0.155 e. The summed E-state index contributed by atoms with van der Waals surface area (Å²) in [6, 6.07) is 1.31. The van der Waals surface area contributed by atoms with Crippen LogP contribution in [0.2, 0.25) is 0 Å². The second-order valence-corrected chi connectivity index (χ2v) is 5.46. The van der Waals surface area contributed by atoms with E-state index >= 15 is 0 Å². The van der Waals surface area contributed by atoms with Crippen LogP contribution < -0.4 is 0 Å². The number of fused-ring (bicyclic) bond motifs is 2. The molecule has 1 fully saturated rings. The van der Waals surface area contributed by atoms with Gasteiger partial charge in [0.15, 0.2) is 4.60 Å². The molecular formula is C11H15BrN4. The lowest BCUT2D eigenvalue weighted by molar-refractivity contribution is 0.264. The van der Waals surface area contributed by atoms with E-state index in [0.29, 0.717) is 12.1 Å². The molecule has 2 aliphatic rings. The molecule has 86 valence electrons. The number of aryl methyl sites for hydroxylation is 1. The van der Waals surface area contributed by atoms with E-state index in [1.807, 2.05) is 11.7 Å². The van der Waals surface area contributed by atoms with Crippen LogP contribution in [0.4, 0.5) is 0 Å². The lowest BCUT2D eigenvalue weighted by atomic mass is 9.99. The number of hydrogen-bond donors (Lipinski definition) is 0. The summed E-state index contributed by atoms with van der Waals surface area (Å²) in [6.45, 7) is 0. The Kier molecular flexibility index (Phi) is 2.40. The number of aromatic nitrogens is 3. The van der Waals surface area contributed by atoms with Gasteiger partial charge in [-0.3, -0.25) is 4.90 Å². The average molecular weight is 283 g/mol. The zero-order chi connectivity index (χ0) is 11.3. The van der Waals surface area contributed by atoms with Gasteiger partial charge in [-0.15, -0.1) is 5.10 Å². The lowest BCUT2D eigenvalue weighted by Gasteiger charge is -2.30. The monoisotopic (exact) mass is 282 g/mol. The lowest BCUT2D eigenvalue weighted by Crippen LogP contribution is -2.34. The first-order valence-corrected chi connectivity index (χ1v) is 6.44. The summed E-state index contributed by atoms with van der Waals surface area (Å²) >= 11 is 3.48. The van der Waals surface area contributed by atoms with Gasteiger partial charge in [0.1, 0.15) is 0 Å². The van der Waals surface area contributed by atoms with Crippen LogP contribution in [0.25, 0.3) is 5.57 Å². The van der Waals surface area contributed by atoms with Crippen molar-refractivity contribution < 1.29 is 0 Å². The highest BCUT2D eigenvalue weighted by molar-refractivity contribution is 9.10. The maximum atomic E-state index is 4.06. The standard InChI is InChI=1S/C11H15BrN4/c1-15-8-3-4-9(15)6-7(5-8)10-11(12)13-14-16(10)2/h5,8-9H,3-4,6H2,1-2H3. The highest BCUT2D eigenvalue weighted by Crippen LogP contribution is 2.38. The fraction of sp³-hybridized carbons (Fsp3) is 0.636. The van der Waals surface area contributed by atoms with Gasteiger partial charge in [0.2, 0.25) is 0 Å². The third-order valence-electron chi connectivity index (χ3n) is 3.83. The van der Waals surface area contributed by atoms with Crippen molar-refractivity contribution in [3.63, 3.8) is 0 Å². The van der Waals surface area contributed by atoms with Gasteiger partial charge in [-0.05, 0) is 47.8 Å². The number of nitrogens with zero attached hydrogens (tertiary/aromatic N) is 4. The first kappa shape index (κ1) is 10.5. The summed E-state index contributed by atoms with van der Waals surface area (Å²) in [5.74, 6) is 0. The van der Waals surface area contributed by atoms with Gasteiger partial charge < -0.3 is 0 Å². The van der Waals surface area contributed by atoms with Crippen molar-refractivity contribution in [1.82, 2.24) is 19.9 Å². The normalized spacial score (nSPS) is 29.6. The Morgan fingerprint density at radius 1 is 1.38 bits per heavy atom. The molecule has 2 bridgehead atoms. The van der Waals surface area contributed by atoms with Crippen LogP contribution in [0.3, 0.4) is 0 Å². The highest BCUT2D eigenvalue weighted by Gasteiger charge is 2.35. The summed E-state index contributed by atoms with van der Waals surface area (Å²) in [7, 11) is 4.18. The molecule has 0 radical (unpaired) electrons. The van der Waals surface area contributed by atoms with Crippen molar-refractivity contribution in [3.05, 3.63) is 16.4 Å². The molecule has 3 heterocycles. The zero-order valence-electron chi connectivity index (χ0n) is 9.52. The molecule has 0 saturated carbocycles. The van der Waals surface area contributed by atoms with Crippen LogP contribution in [-0.2, 0) is 7.05 Å². The molecule has 2 unspecified atom stereocenters. The van der Waals surface area contributed by atoms with Crippen LogP contribution in [0.1, 0.15) is 25.0 Å². The van der Waals surface area contributed by atoms with Crippen molar-refractivity contribution >= 4 is 21.5 Å². The predicted molar refractivity (Wildman–Crippen MR) is 65.9 cm³/mol. The predicted octanol–water partition coefficient (Wildman–Crippen LogP) is 1.83. The Balaban J connectivity index is 2.01. The highest BCUT2D eigenvalue weighted by atomic mass is 79.9. The van der Waals surface area contributed by atoms with Gasteiger partial charge >= 0.3 is 0 Å². The van der Waals surface area contributed by atoms with Crippen LogP contribution in [0, 0.1) is 0 Å². The number of likely N-dealkylation sites (N-methyl/N-ethyl adjacent to an activating group) is 1. The fourth-order valence-electron chi connectivity index (χ4n) is 2.89. The van der Waals surface area contributed by atoms with Crippen LogP contribution in [0.15, 0.2) is 10.7 Å². The minimum Gasteiger partial charge on any atom is -0.297 e. The first-order valence-electron chi connectivity index (χ1n) is 5.65. The summed E-state index contributed by atoms with van der Waals surface area (Å²) < 4.78 is 2.73. The van der Waals surface area contributed by atoms with E-state index in [2.05, 4.69) is 44.3 Å². The Morgan fingerprint density at radius 2 is 2.19 bits per heavy atom. The Morgan fingerprint density at radius 3 is 2.81 bits per heavy atom. The van der Waals surface area contributed by atoms with E-state index < -0.39 is 0 Å². The van der Waals surface area contributed by atoms with Crippen molar-refractivity contribution in [3.8, 4) is 0 Å².